The lowest BCUT2D eigenvalue weighted by atomic mass is 9.88. The summed E-state index contributed by atoms with van der Waals surface area (Å²) in [5.74, 6) is -0.585. The van der Waals surface area contributed by atoms with Crippen LogP contribution in [0.5, 0.6) is 0 Å². The summed E-state index contributed by atoms with van der Waals surface area (Å²) in [6.07, 6.45) is 0.552. The molecule has 1 fully saturated rings. The summed E-state index contributed by atoms with van der Waals surface area (Å²) in [5.41, 5.74) is 14.9. The summed E-state index contributed by atoms with van der Waals surface area (Å²) in [5, 5.41) is 13.1. The number of aryl methyl sites for hydroxylation is 1. The van der Waals surface area contributed by atoms with Crippen molar-refractivity contribution in [2.75, 3.05) is 0 Å². The summed E-state index contributed by atoms with van der Waals surface area (Å²) in [6, 6.07) is 19.4. The number of sulfonamides is 1. The maximum atomic E-state index is 12.5. The molecular weight excluding hydrogens is 424 g/mol. The molecule has 0 spiro atoms. The molecule has 164 valence electrons. The molecule has 3 aromatic carbocycles. The maximum Gasteiger partial charge on any atom is 0.238 e. The first-order valence-electron chi connectivity index (χ1n) is 10.0. The number of carbonyl (C=O) groups is 1. The Kier molecular flexibility index (Phi) is 5.15. The van der Waals surface area contributed by atoms with E-state index in [-0.39, 0.29) is 16.6 Å². The molecule has 3 aromatic rings. The zero-order valence-corrected chi connectivity index (χ0v) is 18.3. The SMILES string of the molecule is Cc1ccc(S(N)(=O)=O)c(-c2ccc(C3(C(N)=O)CC3c3cccc(C(=N)N)c3)cc2)c1. The summed E-state index contributed by atoms with van der Waals surface area (Å²) < 4.78 is 24.1. The van der Waals surface area contributed by atoms with Gasteiger partial charge in [-0.2, -0.15) is 0 Å². The lowest BCUT2D eigenvalue weighted by Crippen LogP contribution is -2.30. The minimum atomic E-state index is -3.90. The van der Waals surface area contributed by atoms with E-state index < -0.39 is 21.3 Å². The number of carbonyl (C=O) groups excluding carboxylic acids is 1. The zero-order valence-electron chi connectivity index (χ0n) is 17.5. The molecule has 1 saturated carbocycles. The van der Waals surface area contributed by atoms with Gasteiger partial charge in [0.1, 0.15) is 5.84 Å². The third kappa shape index (κ3) is 3.68. The molecular formula is C24H24N4O3S. The molecule has 0 aromatic heterocycles. The van der Waals surface area contributed by atoms with E-state index in [0.717, 1.165) is 16.7 Å². The van der Waals surface area contributed by atoms with Crippen molar-refractivity contribution in [3.8, 4) is 11.1 Å². The second-order valence-corrected chi connectivity index (χ2v) is 9.78. The Balaban J connectivity index is 1.73. The first-order valence-corrected chi connectivity index (χ1v) is 11.6. The summed E-state index contributed by atoms with van der Waals surface area (Å²) in [7, 11) is -3.90. The van der Waals surface area contributed by atoms with E-state index in [4.69, 9.17) is 22.0 Å². The van der Waals surface area contributed by atoms with Gasteiger partial charge >= 0.3 is 0 Å². The average Bonchev–Trinajstić information content (AvgIpc) is 3.50. The number of benzene rings is 3. The van der Waals surface area contributed by atoms with Gasteiger partial charge in [-0.1, -0.05) is 60.2 Å². The fraction of sp³-hybridized carbons (Fsp3) is 0.167. The van der Waals surface area contributed by atoms with Crippen molar-refractivity contribution in [2.45, 2.75) is 29.6 Å². The van der Waals surface area contributed by atoms with Gasteiger partial charge in [-0.25, -0.2) is 13.6 Å². The van der Waals surface area contributed by atoms with Gasteiger partial charge in [0.2, 0.25) is 15.9 Å². The molecule has 0 aliphatic heterocycles. The van der Waals surface area contributed by atoms with Crippen LogP contribution in [0.3, 0.4) is 0 Å². The average molecular weight is 449 g/mol. The van der Waals surface area contributed by atoms with Crippen LogP contribution < -0.4 is 16.6 Å². The maximum absolute atomic E-state index is 12.5. The highest BCUT2D eigenvalue weighted by molar-refractivity contribution is 7.89. The Morgan fingerprint density at radius 2 is 1.72 bits per heavy atom. The van der Waals surface area contributed by atoms with Gasteiger partial charge in [-0.3, -0.25) is 10.2 Å². The van der Waals surface area contributed by atoms with Crippen LogP contribution in [0.15, 0.2) is 71.6 Å². The van der Waals surface area contributed by atoms with E-state index in [0.29, 0.717) is 23.1 Å². The van der Waals surface area contributed by atoms with Gasteiger partial charge in [0.25, 0.3) is 0 Å². The molecule has 7 nitrogen and oxygen atoms in total. The van der Waals surface area contributed by atoms with Crippen LogP contribution in [0.25, 0.3) is 11.1 Å². The number of nitrogen functional groups attached to an aromatic ring is 1. The molecule has 2 atom stereocenters. The monoisotopic (exact) mass is 448 g/mol. The van der Waals surface area contributed by atoms with Crippen molar-refractivity contribution >= 4 is 21.8 Å². The highest BCUT2D eigenvalue weighted by atomic mass is 32.2. The van der Waals surface area contributed by atoms with Gasteiger partial charge in [0.05, 0.1) is 10.3 Å². The number of nitrogens with one attached hydrogen (secondary N) is 1. The molecule has 2 unspecified atom stereocenters. The highest BCUT2D eigenvalue weighted by Crippen LogP contribution is 2.60. The molecule has 1 amide bonds. The lowest BCUT2D eigenvalue weighted by molar-refractivity contribution is -0.120. The van der Waals surface area contributed by atoms with Crippen molar-refractivity contribution in [3.05, 3.63) is 89.0 Å². The predicted molar refractivity (Wildman–Crippen MR) is 124 cm³/mol. The topological polar surface area (TPSA) is 153 Å². The number of amides is 1. The number of hydrogen-bond donors (Lipinski definition) is 4. The van der Waals surface area contributed by atoms with Gasteiger partial charge in [-0.15, -0.1) is 0 Å². The highest BCUT2D eigenvalue weighted by Gasteiger charge is 2.60. The van der Waals surface area contributed by atoms with Crippen LogP contribution in [-0.4, -0.2) is 20.2 Å². The largest absolute Gasteiger partial charge is 0.384 e. The van der Waals surface area contributed by atoms with Gasteiger partial charge < -0.3 is 11.5 Å². The smallest absolute Gasteiger partial charge is 0.238 e. The van der Waals surface area contributed by atoms with Gasteiger partial charge in [0.15, 0.2) is 0 Å². The van der Waals surface area contributed by atoms with Crippen molar-refractivity contribution in [3.63, 3.8) is 0 Å². The summed E-state index contributed by atoms with van der Waals surface area (Å²) in [6.45, 7) is 1.87. The molecule has 4 rings (SSSR count). The number of primary sulfonamides is 1. The van der Waals surface area contributed by atoms with Crippen LogP contribution in [0, 0.1) is 12.3 Å². The Bertz CT molecular complexity index is 1350. The Morgan fingerprint density at radius 3 is 2.31 bits per heavy atom. The number of hydrogen-bond acceptors (Lipinski definition) is 4. The third-order valence-electron chi connectivity index (χ3n) is 6.15. The number of amidine groups is 1. The Labute approximate surface area is 186 Å². The van der Waals surface area contributed by atoms with E-state index in [2.05, 4.69) is 0 Å². The van der Waals surface area contributed by atoms with E-state index in [1.807, 2.05) is 37.3 Å². The lowest BCUT2D eigenvalue weighted by Gasteiger charge is -2.16. The summed E-state index contributed by atoms with van der Waals surface area (Å²) in [4.78, 5) is 12.6. The number of rotatable bonds is 6. The summed E-state index contributed by atoms with van der Waals surface area (Å²) >= 11 is 0. The Hall–Kier alpha value is -3.49. The fourth-order valence-electron chi connectivity index (χ4n) is 4.39. The molecule has 1 aliphatic carbocycles. The van der Waals surface area contributed by atoms with Crippen molar-refractivity contribution in [1.82, 2.24) is 0 Å². The second kappa shape index (κ2) is 7.58. The zero-order chi connectivity index (χ0) is 23.3. The quantitative estimate of drug-likeness (QED) is 0.338. The molecule has 32 heavy (non-hydrogen) atoms. The van der Waals surface area contributed by atoms with Crippen LogP contribution in [-0.2, 0) is 20.2 Å². The molecule has 7 N–H and O–H groups in total. The normalized spacial score (nSPS) is 20.0. The fourth-order valence-corrected chi connectivity index (χ4v) is 5.13. The van der Waals surface area contributed by atoms with E-state index in [9.17, 15) is 13.2 Å². The molecule has 0 radical (unpaired) electrons. The second-order valence-electron chi connectivity index (χ2n) is 8.25. The van der Waals surface area contributed by atoms with Crippen molar-refractivity contribution < 1.29 is 13.2 Å². The van der Waals surface area contributed by atoms with E-state index in [1.165, 1.54) is 6.07 Å². The van der Waals surface area contributed by atoms with Gasteiger partial charge in [-0.05, 0) is 42.2 Å². The van der Waals surface area contributed by atoms with E-state index >= 15 is 0 Å². The van der Waals surface area contributed by atoms with Crippen LogP contribution in [0.4, 0.5) is 0 Å². The van der Waals surface area contributed by atoms with Crippen LogP contribution in [0.1, 0.15) is 34.6 Å². The molecule has 8 heteroatoms. The van der Waals surface area contributed by atoms with Crippen molar-refractivity contribution in [1.29, 1.82) is 5.41 Å². The molecule has 0 bridgehead atoms. The third-order valence-corrected chi connectivity index (χ3v) is 7.12. The first-order chi connectivity index (χ1) is 15.0. The Morgan fingerprint density at radius 1 is 1.03 bits per heavy atom. The number of primary amides is 1. The molecule has 1 aliphatic rings. The standard InChI is InChI=1S/C24H24N4O3S/c1-14-5-10-21(32(28,30)31)19(11-14)15-6-8-18(9-7-15)24(23(27)29)13-20(24)16-3-2-4-17(12-16)22(25)26/h2-12,20H,13H2,1H3,(H3,25,26)(H2,27,29)(H2,28,30,31). The van der Waals surface area contributed by atoms with Crippen molar-refractivity contribution in [2.24, 2.45) is 16.6 Å². The predicted octanol–water partition coefficient (Wildman–Crippen LogP) is 2.50. The van der Waals surface area contributed by atoms with E-state index in [1.54, 1.807) is 30.3 Å². The minimum Gasteiger partial charge on any atom is -0.384 e. The minimum absolute atomic E-state index is 0.0367. The molecule has 0 heterocycles. The first kappa shape index (κ1) is 21.7. The van der Waals surface area contributed by atoms with Gasteiger partial charge in [0, 0.05) is 17.0 Å². The van der Waals surface area contributed by atoms with Crippen LogP contribution in [0.2, 0.25) is 0 Å². The van der Waals surface area contributed by atoms with Crippen LogP contribution >= 0.6 is 0 Å². The molecule has 0 saturated heterocycles. The number of nitrogens with two attached hydrogens (primary N) is 3.